The summed E-state index contributed by atoms with van der Waals surface area (Å²) in [5.41, 5.74) is 2.52. The summed E-state index contributed by atoms with van der Waals surface area (Å²) >= 11 is 0. The lowest BCUT2D eigenvalue weighted by molar-refractivity contribution is 0.00363. The van der Waals surface area contributed by atoms with E-state index in [4.69, 9.17) is 4.74 Å². The fraction of sp³-hybridized carbons (Fsp3) is 0.714. The predicted molar refractivity (Wildman–Crippen MR) is 72.4 cm³/mol. The van der Waals surface area contributed by atoms with Crippen molar-refractivity contribution in [1.29, 1.82) is 0 Å². The molecule has 1 aromatic rings. The minimum atomic E-state index is 0.126. The quantitative estimate of drug-likeness (QED) is 0.726. The van der Waals surface area contributed by atoms with Crippen molar-refractivity contribution in [3.8, 4) is 0 Å². The average Bonchev–Trinajstić information content (AvgIpc) is 2.64. The molecular formula is C14H26N2O. The maximum atomic E-state index is 5.90. The van der Waals surface area contributed by atoms with E-state index in [-0.39, 0.29) is 6.23 Å². The van der Waals surface area contributed by atoms with Gasteiger partial charge in [0.15, 0.2) is 0 Å². The van der Waals surface area contributed by atoms with E-state index in [0.717, 1.165) is 26.2 Å². The van der Waals surface area contributed by atoms with Gasteiger partial charge < -0.3 is 14.2 Å². The lowest BCUT2D eigenvalue weighted by atomic mass is 10.4. The Morgan fingerprint density at radius 2 is 1.71 bits per heavy atom. The summed E-state index contributed by atoms with van der Waals surface area (Å²) in [6.07, 6.45) is 0.126. The summed E-state index contributed by atoms with van der Waals surface area (Å²) in [6, 6.07) is 4.28. The molecule has 3 heteroatoms. The largest absolute Gasteiger partial charge is 0.357 e. The summed E-state index contributed by atoms with van der Waals surface area (Å²) < 4.78 is 8.14. The number of aryl methyl sites for hydroxylation is 2. The zero-order valence-electron chi connectivity index (χ0n) is 11.9. The van der Waals surface area contributed by atoms with Crippen molar-refractivity contribution in [2.75, 3.05) is 26.2 Å². The Morgan fingerprint density at radius 1 is 1.18 bits per heavy atom. The minimum absolute atomic E-state index is 0.126. The van der Waals surface area contributed by atoms with Gasteiger partial charge in [-0.2, -0.15) is 0 Å². The number of likely N-dealkylation sites (N-methyl/N-ethyl adjacent to an activating group) is 1. The van der Waals surface area contributed by atoms with Crippen LogP contribution in [-0.2, 0) is 4.74 Å². The molecule has 1 heterocycles. The highest BCUT2D eigenvalue weighted by molar-refractivity contribution is 5.14. The van der Waals surface area contributed by atoms with Gasteiger partial charge in [-0.05, 0) is 46.0 Å². The second-order valence-electron chi connectivity index (χ2n) is 4.48. The average molecular weight is 238 g/mol. The highest BCUT2D eigenvalue weighted by atomic mass is 16.5. The summed E-state index contributed by atoms with van der Waals surface area (Å²) in [7, 11) is 0. The first-order valence-corrected chi connectivity index (χ1v) is 6.58. The van der Waals surface area contributed by atoms with E-state index in [1.165, 1.54) is 11.4 Å². The van der Waals surface area contributed by atoms with Crippen LogP contribution in [0.25, 0.3) is 0 Å². The first kappa shape index (κ1) is 14.3. The van der Waals surface area contributed by atoms with Crippen LogP contribution in [0.15, 0.2) is 12.1 Å². The van der Waals surface area contributed by atoms with Gasteiger partial charge in [0.05, 0.1) is 6.61 Å². The van der Waals surface area contributed by atoms with Crippen LogP contribution in [0, 0.1) is 13.8 Å². The van der Waals surface area contributed by atoms with Crippen LogP contribution in [0.5, 0.6) is 0 Å². The van der Waals surface area contributed by atoms with Gasteiger partial charge in [0.25, 0.3) is 0 Å². The Labute approximate surface area is 105 Å². The van der Waals surface area contributed by atoms with Crippen molar-refractivity contribution in [2.45, 2.75) is 40.8 Å². The highest BCUT2D eigenvalue weighted by Gasteiger charge is 2.09. The molecule has 0 saturated heterocycles. The lowest BCUT2D eigenvalue weighted by Gasteiger charge is -2.22. The van der Waals surface area contributed by atoms with Crippen LogP contribution >= 0.6 is 0 Å². The number of nitrogens with zero attached hydrogens (tertiary/aromatic N) is 2. The monoisotopic (exact) mass is 238 g/mol. The molecule has 0 aliphatic heterocycles. The predicted octanol–water partition coefficient (Wildman–Crippen LogP) is 2.98. The lowest BCUT2D eigenvalue weighted by Crippen LogP contribution is -2.28. The molecule has 0 aliphatic carbocycles. The van der Waals surface area contributed by atoms with Crippen LogP contribution in [-0.4, -0.2) is 35.7 Å². The number of hydrogen-bond donors (Lipinski definition) is 0. The van der Waals surface area contributed by atoms with E-state index < -0.39 is 0 Å². The molecule has 1 unspecified atom stereocenters. The zero-order chi connectivity index (χ0) is 12.8. The Hall–Kier alpha value is -0.800. The molecule has 0 amide bonds. The van der Waals surface area contributed by atoms with E-state index in [2.05, 4.69) is 56.2 Å². The molecule has 0 radical (unpaired) electrons. The van der Waals surface area contributed by atoms with E-state index in [1.54, 1.807) is 0 Å². The normalized spacial score (nSPS) is 13.3. The molecule has 98 valence electrons. The summed E-state index contributed by atoms with van der Waals surface area (Å²) in [6.45, 7) is 14.7. The molecule has 17 heavy (non-hydrogen) atoms. The molecule has 0 spiro atoms. The number of rotatable bonds is 7. The number of hydrogen-bond acceptors (Lipinski definition) is 2. The first-order chi connectivity index (χ1) is 8.10. The number of ether oxygens (including phenoxy) is 1. The van der Waals surface area contributed by atoms with E-state index in [1.807, 2.05) is 0 Å². The topological polar surface area (TPSA) is 17.4 Å². The molecular weight excluding hydrogens is 212 g/mol. The fourth-order valence-electron chi connectivity index (χ4n) is 2.22. The Balaban J connectivity index is 2.42. The molecule has 0 aliphatic rings. The van der Waals surface area contributed by atoms with Crippen LogP contribution in [0.4, 0.5) is 0 Å². The van der Waals surface area contributed by atoms with Crippen molar-refractivity contribution in [2.24, 2.45) is 0 Å². The highest BCUT2D eigenvalue weighted by Crippen LogP contribution is 2.16. The van der Waals surface area contributed by atoms with Gasteiger partial charge in [-0.3, -0.25) is 0 Å². The molecule has 0 saturated carbocycles. The second-order valence-corrected chi connectivity index (χ2v) is 4.48. The molecule has 0 N–H and O–H groups in total. The van der Waals surface area contributed by atoms with Crippen LogP contribution in [0.1, 0.15) is 38.4 Å². The van der Waals surface area contributed by atoms with Crippen LogP contribution in [0.2, 0.25) is 0 Å². The van der Waals surface area contributed by atoms with Crippen molar-refractivity contribution in [3.05, 3.63) is 23.5 Å². The van der Waals surface area contributed by atoms with Gasteiger partial charge in [-0.1, -0.05) is 13.8 Å². The molecule has 1 atom stereocenters. The third kappa shape index (κ3) is 3.86. The minimum Gasteiger partial charge on any atom is -0.357 e. The van der Waals surface area contributed by atoms with Crippen molar-refractivity contribution in [3.63, 3.8) is 0 Å². The number of aromatic nitrogens is 1. The molecule has 3 nitrogen and oxygen atoms in total. The van der Waals surface area contributed by atoms with Crippen molar-refractivity contribution in [1.82, 2.24) is 9.47 Å². The van der Waals surface area contributed by atoms with Crippen LogP contribution < -0.4 is 0 Å². The van der Waals surface area contributed by atoms with Gasteiger partial charge in [0.2, 0.25) is 0 Å². The SMILES string of the molecule is CCN(CC)CCOC(C)n1c(C)ccc1C. The van der Waals surface area contributed by atoms with Gasteiger partial charge in [-0.25, -0.2) is 0 Å². The molecule has 1 aromatic heterocycles. The van der Waals surface area contributed by atoms with Gasteiger partial charge in [-0.15, -0.1) is 0 Å². The summed E-state index contributed by atoms with van der Waals surface area (Å²) in [4.78, 5) is 2.38. The first-order valence-electron chi connectivity index (χ1n) is 6.58. The maximum absolute atomic E-state index is 5.90. The van der Waals surface area contributed by atoms with Crippen molar-refractivity contribution < 1.29 is 4.74 Å². The smallest absolute Gasteiger partial charge is 0.131 e. The Bertz CT molecular complexity index is 309. The fourth-order valence-corrected chi connectivity index (χ4v) is 2.22. The summed E-state index contributed by atoms with van der Waals surface area (Å²) in [5, 5.41) is 0. The zero-order valence-corrected chi connectivity index (χ0v) is 11.9. The third-order valence-electron chi connectivity index (χ3n) is 3.35. The maximum Gasteiger partial charge on any atom is 0.131 e. The molecule has 1 rings (SSSR count). The Kier molecular flexibility index (Phi) is 5.72. The van der Waals surface area contributed by atoms with Crippen molar-refractivity contribution >= 4 is 0 Å². The second kappa shape index (κ2) is 6.82. The van der Waals surface area contributed by atoms with Gasteiger partial charge >= 0.3 is 0 Å². The third-order valence-corrected chi connectivity index (χ3v) is 3.35. The summed E-state index contributed by atoms with van der Waals surface area (Å²) in [5.74, 6) is 0. The van der Waals surface area contributed by atoms with E-state index in [0.29, 0.717) is 0 Å². The Morgan fingerprint density at radius 3 is 2.18 bits per heavy atom. The molecule has 0 aromatic carbocycles. The van der Waals surface area contributed by atoms with Gasteiger partial charge in [0.1, 0.15) is 6.23 Å². The van der Waals surface area contributed by atoms with E-state index >= 15 is 0 Å². The standard InChI is InChI=1S/C14H26N2O/c1-6-15(7-2)10-11-17-14(5)16-12(3)8-9-13(16)4/h8-9,14H,6-7,10-11H2,1-5H3. The van der Waals surface area contributed by atoms with Gasteiger partial charge in [0, 0.05) is 17.9 Å². The molecule has 0 bridgehead atoms. The van der Waals surface area contributed by atoms with E-state index in [9.17, 15) is 0 Å². The van der Waals surface area contributed by atoms with Crippen LogP contribution in [0.3, 0.4) is 0 Å². The molecule has 0 fully saturated rings.